The molecule has 28 heavy (non-hydrogen) atoms. The van der Waals surface area contributed by atoms with Crippen LogP contribution in [-0.2, 0) is 0 Å². The molecule has 3 heterocycles. The first-order chi connectivity index (χ1) is 13.4. The van der Waals surface area contributed by atoms with E-state index >= 15 is 4.39 Å². The van der Waals surface area contributed by atoms with Gasteiger partial charge in [-0.2, -0.15) is 0 Å². The molecule has 0 aliphatic carbocycles. The molecule has 0 saturated carbocycles. The van der Waals surface area contributed by atoms with Gasteiger partial charge in [0.05, 0.1) is 16.9 Å². The van der Waals surface area contributed by atoms with E-state index in [0.29, 0.717) is 36.0 Å². The minimum Gasteiger partial charge on any atom is -0.487 e. The van der Waals surface area contributed by atoms with Crippen LogP contribution < -0.4 is 20.4 Å². The predicted molar refractivity (Wildman–Crippen MR) is 104 cm³/mol. The highest BCUT2D eigenvalue weighted by atomic mass is 19.1. The van der Waals surface area contributed by atoms with E-state index in [9.17, 15) is 14.7 Å². The molecule has 1 unspecified atom stereocenters. The molecule has 2 aliphatic rings. The maximum Gasteiger partial charge on any atom is 0.341 e. The number of carboxylic acid groups (broad SMARTS) is 1. The summed E-state index contributed by atoms with van der Waals surface area (Å²) in [6.07, 6.45) is 2.30. The average molecular weight is 389 g/mol. The van der Waals surface area contributed by atoms with Crippen LogP contribution in [0.4, 0.5) is 10.1 Å². The summed E-state index contributed by atoms with van der Waals surface area (Å²) in [5.41, 5.74) is -0.198. The molecule has 2 aliphatic heterocycles. The van der Waals surface area contributed by atoms with Crippen LogP contribution in [0.5, 0.6) is 5.75 Å². The van der Waals surface area contributed by atoms with Crippen molar-refractivity contribution >= 4 is 22.6 Å². The van der Waals surface area contributed by atoms with Gasteiger partial charge in [-0.1, -0.05) is 6.92 Å². The lowest BCUT2D eigenvalue weighted by Gasteiger charge is -2.31. The summed E-state index contributed by atoms with van der Waals surface area (Å²) in [7, 11) is 0. The van der Waals surface area contributed by atoms with Gasteiger partial charge in [0.25, 0.3) is 0 Å². The molecule has 7 nitrogen and oxygen atoms in total. The minimum absolute atomic E-state index is 0.0473. The number of hydrogen-bond donors (Lipinski definition) is 2. The zero-order valence-corrected chi connectivity index (χ0v) is 16.0. The number of carbonyl (C=O) groups is 1. The van der Waals surface area contributed by atoms with Gasteiger partial charge in [-0.15, -0.1) is 0 Å². The van der Waals surface area contributed by atoms with E-state index in [2.05, 4.69) is 12.2 Å². The van der Waals surface area contributed by atoms with Crippen LogP contribution in [0.15, 0.2) is 17.1 Å². The molecule has 150 valence electrons. The quantitative estimate of drug-likeness (QED) is 0.816. The SMILES string of the molecule is CCNCC1CCN(c2c(F)cc3c(=O)c(C(=O)O)cn4c3c2OC[C@@H]4C)C1. The van der Waals surface area contributed by atoms with Crippen molar-refractivity contribution in [2.45, 2.75) is 26.3 Å². The summed E-state index contributed by atoms with van der Waals surface area (Å²) < 4.78 is 22.8. The smallest absolute Gasteiger partial charge is 0.341 e. The number of ether oxygens (including phenoxy) is 1. The third-order valence-electron chi connectivity index (χ3n) is 5.66. The Morgan fingerprint density at radius 3 is 2.96 bits per heavy atom. The number of hydrogen-bond acceptors (Lipinski definition) is 5. The van der Waals surface area contributed by atoms with Crippen molar-refractivity contribution in [2.24, 2.45) is 5.92 Å². The molecule has 2 N–H and O–H groups in total. The fraction of sp³-hybridized carbons (Fsp3) is 0.500. The van der Waals surface area contributed by atoms with Crippen LogP contribution in [0.25, 0.3) is 10.9 Å². The number of benzene rings is 1. The molecule has 1 aromatic heterocycles. The zero-order chi connectivity index (χ0) is 20.0. The van der Waals surface area contributed by atoms with Gasteiger partial charge in [0.15, 0.2) is 11.6 Å². The Labute approximate surface area is 161 Å². The first-order valence-electron chi connectivity index (χ1n) is 9.65. The van der Waals surface area contributed by atoms with E-state index < -0.39 is 17.2 Å². The number of carboxylic acids is 1. The number of aromatic carboxylic acids is 1. The van der Waals surface area contributed by atoms with Crippen LogP contribution in [0.2, 0.25) is 0 Å². The molecule has 0 spiro atoms. The zero-order valence-electron chi connectivity index (χ0n) is 16.0. The fourth-order valence-electron chi connectivity index (χ4n) is 4.21. The van der Waals surface area contributed by atoms with E-state index in [1.54, 1.807) is 4.57 Å². The molecule has 1 saturated heterocycles. The van der Waals surface area contributed by atoms with Crippen molar-refractivity contribution in [1.29, 1.82) is 0 Å². The Morgan fingerprint density at radius 2 is 2.25 bits per heavy atom. The molecule has 0 bridgehead atoms. The average Bonchev–Trinajstić information content (AvgIpc) is 3.12. The van der Waals surface area contributed by atoms with E-state index in [4.69, 9.17) is 4.74 Å². The van der Waals surface area contributed by atoms with Crippen LogP contribution in [0, 0.1) is 11.7 Å². The summed E-state index contributed by atoms with van der Waals surface area (Å²) in [4.78, 5) is 26.1. The second-order valence-corrected chi connectivity index (χ2v) is 7.59. The second-order valence-electron chi connectivity index (χ2n) is 7.59. The van der Waals surface area contributed by atoms with Crippen molar-refractivity contribution in [3.8, 4) is 5.75 Å². The first-order valence-corrected chi connectivity index (χ1v) is 9.65. The third-order valence-corrected chi connectivity index (χ3v) is 5.66. The summed E-state index contributed by atoms with van der Waals surface area (Å²) in [6, 6.07) is 1.01. The van der Waals surface area contributed by atoms with Gasteiger partial charge < -0.3 is 24.6 Å². The number of rotatable bonds is 5. The van der Waals surface area contributed by atoms with Crippen molar-refractivity contribution in [1.82, 2.24) is 9.88 Å². The van der Waals surface area contributed by atoms with Gasteiger partial charge in [0, 0.05) is 19.3 Å². The lowest BCUT2D eigenvalue weighted by Crippen LogP contribution is -2.30. The number of anilines is 1. The Kier molecular flexibility index (Phi) is 4.74. The molecular weight excluding hydrogens is 365 g/mol. The molecule has 8 heteroatoms. The largest absolute Gasteiger partial charge is 0.487 e. The summed E-state index contributed by atoms with van der Waals surface area (Å²) >= 11 is 0. The lowest BCUT2D eigenvalue weighted by molar-refractivity contribution is 0.0694. The normalized spacial score (nSPS) is 21.2. The molecule has 2 aromatic rings. The molecule has 2 atom stereocenters. The predicted octanol–water partition coefficient (Wildman–Crippen LogP) is 2.23. The molecular formula is C20H24FN3O4. The molecule has 0 amide bonds. The number of nitrogens with zero attached hydrogens (tertiary/aromatic N) is 2. The molecule has 1 aromatic carbocycles. The van der Waals surface area contributed by atoms with Crippen molar-refractivity contribution in [3.05, 3.63) is 33.9 Å². The van der Waals surface area contributed by atoms with Crippen LogP contribution >= 0.6 is 0 Å². The van der Waals surface area contributed by atoms with E-state index in [-0.39, 0.29) is 23.6 Å². The Hall–Kier alpha value is -2.61. The molecule has 4 rings (SSSR count). The van der Waals surface area contributed by atoms with Gasteiger partial charge >= 0.3 is 5.97 Å². The summed E-state index contributed by atoms with van der Waals surface area (Å²) in [5.74, 6) is -1.11. The van der Waals surface area contributed by atoms with Crippen LogP contribution in [0.3, 0.4) is 0 Å². The third kappa shape index (κ3) is 2.92. The molecule has 1 fully saturated rings. The maximum absolute atomic E-state index is 15.1. The Balaban J connectivity index is 1.87. The maximum atomic E-state index is 15.1. The fourth-order valence-corrected chi connectivity index (χ4v) is 4.21. The van der Waals surface area contributed by atoms with Gasteiger partial charge in [-0.25, -0.2) is 9.18 Å². The minimum atomic E-state index is -1.31. The lowest BCUT2D eigenvalue weighted by atomic mass is 10.1. The van der Waals surface area contributed by atoms with Crippen LogP contribution in [-0.4, -0.2) is 48.4 Å². The summed E-state index contributed by atoms with van der Waals surface area (Å²) in [5, 5.41) is 12.7. The highest BCUT2D eigenvalue weighted by Crippen LogP contribution is 2.43. The number of nitrogens with one attached hydrogen (secondary N) is 1. The monoisotopic (exact) mass is 389 g/mol. The molecule has 0 radical (unpaired) electrons. The number of pyridine rings is 1. The highest BCUT2D eigenvalue weighted by molar-refractivity contribution is 5.97. The van der Waals surface area contributed by atoms with E-state index in [1.807, 2.05) is 11.8 Å². The Bertz CT molecular complexity index is 1000. The first kappa shape index (κ1) is 18.7. The topological polar surface area (TPSA) is 83.8 Å². The van der Waals surface area contributed by atoms with E-state index in [1.165, 1.54) is 12.3 Å². The standard InChI is InChI=1S/C20H24FN3O4/c1-3-22-7-12-4-5-23(8-12)17-15(21)6-13-16-19(17)28-10-11(2)24(16)9-14(18(13)25)20(26)27/h6,9,11-12,22H,3-5,7-8,10H2,1-2H3,(H,26,27)/t11-,12?/m0/s1. The van der Waals surface area contributed by atoms with Crippen LogP contribution in [0.1, 0.15) is 36.7 Å². The Morgan fingerprint density at radius 1 is 1.46 bits per heavy atom. The second kappa shape index (κ2) is 7.09. The van der Waals surface area contributed by atoms with Gasteiger partial charge in [-0.3, -0.25) is 4.79 Å². The van der Waals surface area contributed by atoms with Gasteiger partial charge in [0.1, 0.15) is 17.9 Å². The van der Waals surface area contributed by atoms with Crippen molar-refractivity contribution in [3.63, 3.8) is 0 Å². The number of halogens is 1. The van der Waals surface area contributed by atoms with Crippen molar-refractivity contribution in [2.75, 3.05) is 37.7 Å². The van der Waals surface area contributed by atoms with Gasteiger partial charge in [-0.05, 0) is 38.4 Å². The highest BCUT2D eigenvalue weighted by Gasteiger charge is 2.32. The van der Waals surface area contributed by atoms with Gasteiger partial charge in [0.2, 0.25) is 5.43 Å². The summed E-state index contributed by atoms with van der Waals surface area (Å²) in [6.45, 7) is 7.41. The van der Waals surface area contributed by atoms with Crippen molar-refractivity contribution < 1.29 is 19.0 Å². The van der Waals surface area contributed by atoms with E-state index in [0.717, 1.165) is 19.5 Å². The number of aromatic nitrogens is 1.